The Hall–Kier alpha value is -4.05. The highest BCUT2D eigenvalue weighted by molar-refractivity contribution is 5.95. The van der Waals surface area contributed by atoms with Crippen molar-refractivity contribution in [3.05, 3.63) is 107 Å². The molecule has 1 heterocycles. The second-order valence-corrected chi connectivity index (χ2v) is 9.81. The third-order valence-electron chi connectivity index (χ3n) is 6.39. The number of carbonyl (C=O) groups excluding carboxylic acids is 2. The number of nitrogens with one attached hydrogen (secondary N) is 1. The first-order valence-corrected chi connectivity index (χ1v) is 16.2. The molecule has 0 radical (unpaired) electrons. The van der Waals surface area contributed by atoms with Crippen molar-refractivity contribution in [1.29, 1.82) is 0 Å². The highest BCUT2D eigenvalue weighted by atomic mass is 16.5. The number of benzene rings is 3. The quantitative estimate of drug-likeness (QED) is 0.164. The van der Waals surface area contributed by atoms with E-state index in [9.17, 15) is 9.59 Å². The summed E-state index contributed by atoms with van der Waals surface area (Å²) in [6, 6.07) is 27.7. The molecule has 0 bridgehead atoms. The minimum atomic E-state index is -0.269. The van der Waals surface area contributed by atoms with Gasteiger partial charge in [0.2, 0.25) is 18.2 Å². The molecule has 3 aromatic rings. The maximum absolute atomic E-state index is 12.3. The summed E-state index contributed by atoms with van der Waals surface area (Å²) in [4.78, 5) is 30.2. The van der Waals surface area contributed by atoms with Crippen LogP contribution >= 0.6 is 0 Å². The van der Waals surface area contributed by atoms with Gasteiger partial charge < -0.3 is 30.2 Å². The monoisotopic (exact) mass is 634 g/mol. The van der Waals surface area contributed by atoms with Gasteiger partial charge in [0.25, 0.3) is 0 Å². The van der Waals surface area contributed by atoms with E-state index in [1.807, 2.05) is 107 Å². The molecule has 2 atom stereocenters. The minimum absolute atomic E-state index is 0.0513. The number of aryl methyl sites for hydroxylation is 1. The van der Waals surface area contributed by atoms with Gasteiger partial charge in [0.1, 0.15) is 6.10 Å². The molecule has 4 rings (SSSR count). The van der Waals surface area contributed by atoms with Crippen molar-refractivity contribution in [3.63, 3.8) is 0 Å². The van der Waals surface area contributed by atoms with Crippen LogP contribution in [0, 0.1) is 6.92 Å². The summed E-state index contributed by atoms with van der Waals surface area (Å²) in [5.74, 6) is 0.357. The van der Waals surface area contributed by atoms with Gasteiger partial charge in [-0.15, -0.1) is 0 Å². The first kappa shape index (κ1) is 40.0. The molecule has 0 saturated carbocycles. The molecule has 1 aliphatic rings. The van der Waals surface area contributed by atoms with Crippen LogP contribution < -0.4 is 11.1 Å². The first-order valence-electron chi connectivity index (χ1n) is 16.2. The molecule has 9 nitrogen and oxygen atoms in total. The summed E-state index contributed by atoms with van der Waals surface area (Å²) < 4.78 is 16.8. The fraction of sp³-hybridized carbons (Fsp3) is 0.432. The molecule has 252 valence electrons. The third kappa shape index (κ3) is 15.3. The smallest absolute Gasteiger partial charge is 0.239 e. The van der Waals surface area contributed by atoms with Crippen molar-refractivity contribution < 1.29 is 23.8 Å². The van der Waals surface area contributed by atoms with Gasteiger partial charge in [-0.25, -0.2) is 4.99 Å². The van der Waals surface area contributed by atoms with Gasteiger partial charge in [-0.05, 0) is 37.1 Å². The summed E-state index contributed by atoms with van der Waals surface area (Å²) >= 11 is 0. The van der Waals surface area contributed by atoms with Crippen LogP contribution in [-0.2, 0) is 30.3 Å². The molecule has 0 fully saturated rings. The predicted molar refractivity (Wildman–Crippen MR) is 187 cm³/mol. The normalized spacial score (nSPS) is 14.5. The molecule has 0 aliphatic carbocycles. The van der Waals surface area contributed by atoms with Crippen LogP contribution in [0.4, 0.5) is 0 Å². The van der Waals surface area contributed by atoms with Gasteiger partial charge >= 0.3 is 0 Å². The minimum Gasteiger partial charge on any atom is -0.467 e. The van der Waals surface area contributed by atoms with E-state index in [4.69, 9.17) is 24.9 Å². The van der Waals surface area contributed by atoms with Gasteiger partial charge in [-0.1, -0.05) is 106 Å². The Kier molecular flexibility index (Phi) is 21.9. The van der Waals surface area contributed by atoms with Crippen LogP contribution in [0.5, 0.6) is 0 Å². The second-order valence-electron chi connectivity index (χ2n) is 9.81. The zero-order chi connectivity index (χ0) is 34.0. The Balaban J connectivity index is 0.000000825. The predicted octanol–water partition coefficient (Wildman–Crippen LogP) is 5.71. The zero-order valence-electron chi connectivity index (χ0n) is 28.5. The largest absolute Gasteiger partial charge is 0.467 e. The summed E-state index contributed by atoms with van der Waals surface area (Å²) in [5, 5.41) is 2.77. The number of rotatable bonds is 15. The molecule has 0 aromatic heterocycles. The van der Waals surface area contributed by atoms with Gasteiger partial charge in [0.05, 0.1) is 39.0 Å². The number of ether oxygens (including phenoxy) is 3. The van der Waals surface area contributed by atoms with E-state index in [1.54, 1.807) is 0 Å². The van der Waals surface area contributed by atoms with E-state index in [-0.39, 0.29) is 31.1 Å². The van der Waals surface area contributed by atoms with Crippen LogP contribution in [0.2, 0.25) is 0 Å². The fourth-order valence-corrected chi connectivity index (χ4v) is 4.30. The number of hydrogen-bond acceptors (Lipinski definition) is 7. The topological polar surface area (TPSA) is 115 Å². The summed E-state index contributed by atoms with van der Waals surface area (Å²) in [6.07, 6.45) is 0.418. The lowest BCUT2D eigenvalue weighted by Crippen LogP contribution is -2.38. The Labute approximate surface area is 276 Å². The molecule has 1 aliphatic heterocycles. The lowest BCUT2D eigenvalue weighted by Gasteiger charge is -2.22. The SMILES string of the molecule is CC.CC.CC1N=C(c2ccccc2)OC1c1ccccc1CN(C=O)CC(=O)NCCOCCOCCN.Cc1ccccc1. The zero-order valence-corrected chi connectivity index (χ0v) is 28.5. The van der Waals surface area contributed by atoms with E-state index in [1.165, 1.54) is 10.5 Å². The average molecular weight is 635 g/mol. The van der Waals surface area contributed by atoms with Crippen LogP contribution in [0.1, 0.15) is 63.0 Å². The Morgan fingerprint density at radius 2 is 1.48 bits per heavy atom. The molecule has 0 saturated heterocycles. The van der Waals surface area contributed by atoms with E-state index in [2.05, 4.69) is 24.4 Å². The average Bonchev–Trinajstić information content (AvgIpc) is 3.50. The number of nitrogens with two attached hydrogens (primary N) is 1. The Morgan fingerprint density at radius 3 is 2.07 bits per heavy atom. The lowest BCUT2D eigenvalue weighted by molar-refractivity contribution is -0.128. The molecule has 46 heavy (non-hydrogen) atoms. The van der Waals surface area contributed by atoms with E-state index in [0.717, 1.165) is 16.7 Å². The summed E-state index contributed by atoms with van der Waals surface area (Å²) in [6.45, 7) is 14.9. The second kappa shape index (κ2) is 25.2. The first-order chi connectivity index (χ1) is 22.5. The van der Waals surface area contributed by atoms with Crippen molar-refractivity contribution in [2.75, 3.05) is 46.1 Å². The summed E-state index contributed by atoms with van der Waals surface area (Å²) in [7, 11) is 0. The van der Waals surface area contributed by atoms with Gasteiger partial charge in [-0.2, -0.15) is 0 Å². The molecular formula is C37H54N4O5. The fourth-order valence-electron chi connectivity index (χ4n) is 4.30. The lowest BCUT2D eigenvalue weighted by atomic mass is 9.98. The van der Waals surface area contributed by atoms with E-state index < -0.39 is 0 Å². The van der Waals surface area contributed by atoms with Crippen molar-refractivity contribution >= 4 is 18.2 Å². The van der Waals surface area contributed by atoms with Crippen molar-refractivity contribution in [1.82, 2.24) is 10.2 Å². The van der Waals surface area contributed by atoms with Crippen LogP contribution in [0.25, 0.3) is 0 Å². The number of carbonyl (C=O) groups is 2. The summed E-state index contributed by atoms with van der Waals surface area (Å²) in [5.41, 5.74) is 9.46. The van der Waals surface area contributed by atoms with Gasteiger partial charge in [0, 0.05) is 25.2 Å². The molecule has 2 amide bonds. The number of hydrogen-bond donors (Lipinski definition) is 2. The third-order valence-corrected chi connectivity index (χ3v) is 6.39. The highest BCUT2D eigenvalue weighted by Gasteiger charge is 2.31. The molecule has 9 heteroatoms. The molecule has 3 aromatic carbocycles. The van der Waals surface area contributed by atoms with E-state index in [0.29, 0.717) is 51.8 Å². The molecule has 3 N–H and O–H groups in total. The van der Waals surface area contributed by atoms with Crippen LogP contribution in [-0.4, -0.2) is 75.2 Å². The molecule has 2 unspecified atom stereocenters. The van der Waals surface area contributed by atoms with Gasteiger partial charge in [0.15, 0.2) is 0 Å². The molecular weight excluding hydrogens is 580 g/mol. The molecule has 0 spiro atoms. The highest BCUT2D eigenvalue weighted by Crippen LogP contribution is 2.33. The van der Waals surface area contributed by atoms with Crippen LogP contribution in [0.15, 0.2) is 89.9 Å². The standard InChI is InChI=1S/C26H34N4O5.C7H8.2C2H6/c1-20-25(35-26(29-20)21-7-3-2-4-8-21)23-10-6-5-9-22(23)17-30(19-31)18-24(32)28-12-14-34-16-15-33-13-11-27;1-7-5-3-2-4-6-7;2*1-2/h2-10,19-20,25H,11-18,27H2,1H3,(H,28,32);2-6H,1H3;2*1-2H3. The number of aliphatic imine (C=N–C) groups is 1. The number of amides is 2. The van der Waals surface area contributed by atoms with Crippen molar-refractivity contribution in [3.8, 4) is 0 Å². The van der Waals surface area contributed by atoms with E-state index >= 15 is 0 Å². The number of nitrogens with zero attached hydrogens (tertiary/aromatic N) is 2. The maximum atomic E-state index is 12.3. The van der Waals surface area contributed by atoms with Crippen molar-refractivity contribution in [2.24, 2.45) is 10.7 Å². The Bertz CT molecular complexity index is 1240. The van der Waals surface area contributed by atoms with Crippen molar-refractivity contribution in [2.45, 2.75) is 60.2 Å². The van der Waals surface area contributed by atoms with Crippen LogP contribution in [0.3, 0.4) is 0 Å². The maximum Gasteiger partial charge on any atom is 0.239 e. The van der Waals surface area contributed by atoms with Gasteiger partial charge in [-0.3, -0.25) is 9.59 Å². The Morgan fingerprint density at radius 1 is 0.891 bits per heavy atom.